The van der Waals surface area contributed by atoms with Crippen molar-refractivity contribution in [3.05, 3.63) is 47.5 Å². The number of nitrogens with zero attached hydrogens (tertiary/aromatic N) is 3. The number of aromatic amines is 1. The van der Waals surface area contributed by atoms with Crippen LogP contribution in [0.2, 0.25) is 5.02 Å². The van der Waals surface area contributed by atoms with Crippen molar-refractivity contribution in [2.75, 3.05) is 11.9 Å². The fourth-order valence-electron chi connectivity index (χ4n) is 2.12. The topological polar surface area (TPSA) is 92.5 Å². The molecule has 0 spiro atoms. The van der Waals surface area contributed by atoms with Gasteiger partial charge in [-0.3, -0.25) is 0 Å². The van der Waals surface area contributed by atoms with E-state index in [1.54, 1.807) is 6.33 Å². The summed E-state index contributed by atoms with van der Waals surface area (Å²) in [6, 6.07) is 7.54. The second-order valence-electron chi connectivity index (χ2n) is 4.70. The number of benzene rings is 1. The monoisotopic (exact) mass is 302 g/mol. The molecule has 1 aromatic carbocycles. The van der Waals surface area contributed by atoms with E-state index in [4.69, 9.17) is 17.3 Å². The Bertz CT molecular complexity index is 724. The summed E-state index contributed by atoms with van der Waals surface area (Å²) < 4.78 is 0. The number of halogens is 1. The lowest BCUT2D eigenvalue weighted by Gasteiger charge is -2.13. The standard InChI is InChI=1S/C14H15ClN6/c15-10-3-1-9(2-4-10)11(16)5-6-17-13-12-14(19-7-18-12)21-8-20-13/h1-4,7-8,11H,5-6,16H2,(H2,17,18,19,20,21). The van der Waals surface area contributed by atoms with Crippen LogP contribution in [0.25, 0.3) is 11.2 Å². The third-order valence-electron chi connectivity index (χ3n) is 3.26. The van der Waals surface area contributed by atoms with E-state index in [1.807, 2.05) is 24.3 Å². The first-order chi connectivity index (χ1) is 10.2. The van der Waals surface area contributed by atoms with Crippen molar-refractivity contribution in [2.24, 2.45) is 5.73 Å². The molecule has 0 aliphatic heterocycles. The van der Waals surface area contributed by atoms with E-state index < -0.39 is 0 Å². The summed E-state index contributed by atoms with van der Waals surface area (Å²) in [7, 11) is 0. The summed E-state index contributed by atoms with van der Waals surface area (Å²) in [5, 5.41) is 3.96. The molecule has 0 aliphatic rings. The zero-order valence-corrected chi connectivity index (χ0v) is 12.0. The fourth-order valence-corrected chi connectivity index (χ4v) is 2.24. The second-order valence-corrected chi connectivity index (χ2v) is 5.13. The molecule has 0 saturated heterocycles. The zero-order valence-electron chi connectivity index (χ0n) is 11.3. The van der Waals surface area contributed by atoms with Crippen molar-refractivity contribution >= 4 is 28.6 Å². The number of hydrogen-bond donors (Lipinski definition) is 3. The third-order valence-corrected chi connectivity index (χ3v) is 3.52. The zero-order chi connectivity index (χ0) is 14.7. The predicted octanol–water partition coefficient (Wildman–Crippen LogP) is 2.51. The number of imidazole rings is 1. The van der Waals surface area contributed by atoms with Crippen LogP contribution in [-0.4, -0.2) is 26.5 Å². The van der Waals surface area contributed by atoms with Crippen molar-refractivity contribution in [1.82, 2.24) is 19.9 Å². The van der Waals surface area contributed by atoms with Crippen LogP contribution < -0.4 is 11.1 Å². The van der Waals surface area contributed by atoms with Crippen LogP contribution in [0.3, 0.4) is 0 Å². The van der Waals surface area contributed by atoms with E-state index in [0.29, 0.717) is 17.4 Å². The van der Waals surface area contributed by atoms with Crippen LogP contribution in [0.1, 0.15) is 18.0 Å². The molecule has 1 atom stereocenters. The van der Waals surface area contributed by atoms with Gasteiger partial charge in [0.05, 0.1) is 6.33 Å². The highest BCUT2D eigenvalue weighted by Crippen LogP contribution is 2.18. The largest absolute Gasteiger partial charge is 0.368 e. The second kappa shape index (κ2) is 6.07. The maximum Gasteiger partial charge on any atom is 0.162 e. The summed E-state index contributed by atoms with van der Waals surface area (Å²) in [4.78, 5) is 15.4. The molecule has 6 nitrogen and oxygen atoms in total. The molecule has 21 heavy (non-hydrogen) atoms. The maximum atomic E-state index is 6.16. The number of rotatable bonds is 5. The number of nitrogens with two attached hydrogens (primary N) is 1. The Morgan fingerprint density at radius 2 is 2.00 bits per heavy atom. The molecule has 108 valence electrons. The summed E-state index contributed by atoms with van der Waals surface area (Å²) in [5.74, 6) is 0.713. The Labute approximate surface area is 126 Å². The lowest BCUT2D eigenvalue weighted by Crippen LogP contribution is -2.15. The average molecular weight is 303 g/mol. The van der Waals surface area contributed by atoms with Crippen molar-refractivity contribution in [1.29, 1.82) is 0 Å². The lowest BCUT2D eigenvalue weighted by atomic mass is 10.1. The number of hydrogen-bond acceptors (Lipinski definition) is 5. The van der Waals surface area contributed by atoms with E-state index in [1.165, 1.54) is 6.33 Å². The van der Waals surface area contributed by atoms with Gasteiger partial charge in [0.2, 0.25) is 0 Å². The molecule has 2 heterocycles. The van der Waals surface area contributed by atoms with Crippen LogP contribution in [0.15, 0.2) is 36.9 Å². The molecule has 3 aromatic rings. The Morgan fingerprint density at radius 3 is 2.81 bits per heavy atom. The summed E-state index contributed by atoms with van der Waals surface area (Å²) >= 11 is 5.87. The Hall–Kier alpha value is -2.18. The van der Waals surface area contributed by atoms with Crippen molar-refractivity contribution in [2.45, 2.75) is 12.5 Å². The summed E-state index contributed by atoms with van der Waals surface area (Å²) in [5.41, 5.74) is 8.68. The van der Waals surface area contributed by atoms with Crippen LogP contribution >= 0.6 is 11.6 Å². The molecule has 0 aliphatic carbocycles. The number of fused-ring (bicyclic) bond motifs is 1. The van der Waals surface area contributed by atoms with Gasteiger partial charge in [-0.1, -0.05) is 23.7 Å². The predicted molar refractivity (Wildman–Crippen MR) is 83.2 cm³/mol. The van der Waals surface area contributed by atoms with E-state index >= 15 is 0 Å². The van der Waals surface area contributed by atoms with E-state index in [0.717, 1.165) is 23.1 Å². The minimum atomic E-state index is -0.0497. The molecule has 0 amide bonds. The molecule has 4 N–H and O–H groups in total. The minimum absolute atomic E-state index is 0.0497. The van der Waals surface area contributed by atoms with Gasteiger partial charge < -0.3 is 16.0 Å². The number of anilines is 1. The van der Waals surface area contributed by atoms with Gasteiger partial charge in [-0.2, -0.15) is 0 Å². The molecular weight excluding hydrogens is 288 g/mol. The van der Waals surface area contributed by atoms with Gasteiger partial charge >= 0.3 is 0 Å². The smallest absolute Gasteiger partial charge is 0.162 e. The first-order valence-corrected chi connectivity index (χ1v) is 7.01. The molecule has 3 rings (SSSR count). The molecule has 0 saturated carbocycles. The molecule has 0 bridgehead atoms. The van der Waals surface area contributed by atoms with Crippen LogP contribution in [0, 0.1) is 0 Å². The fraction of sp³-hybridized carbons (Fsp3) is 0.214. The van der Waals surface area contributed by atoms with Gasteiger partial charge in [-0.25, -0.2) is 15.0 Å². The minimum Gasteiger partial charge on any atom is -0.368 e. The third kappa shape index (κ3) is 3.12. The highest BCUT2D eigenvalue weighted by atomic mass is 35.5. The van der Waals surface area contributed by atoms with Crippen LogP contribution in [0.4, 0.5) is 5.82 Å². The first-order valence-electron chi connectivity index (χ1n) is 6.63. The highest BCUT2D eigenvalue weighted by Gasteiger charge is 2.08. The maximum absolute atomic E-state index is 6.16. The Kier molecular flexibility index (Phi) is 3.98. The van der Waals surface area contributed by atoms with Crippen molar-refractivity contribution in [3.63, 3.8) is 0 Å². The lowest BCUT2D eigenvalue weighted by molar-refractivity contribution is 0.674. The van der Waals surface area contributed by atoms with Gasteiger partial charge in [0.15, 0.2) is 11.5 Å². The van der Waals surface area contributed by atoms with E-state index in [2.05, 4.69) is 25.3 Å². The van der Waals surface area contributed by atoms with E-state index in [9.17, 15) is 0 Å². The van der Waals surface area contributed by atoms with Gasteiger partial charge in [0.25, 0.3) is 0 Å². The number of aromatic nitrogens is 4. The number of H-pyrrole nitrogens is 1. The molecule has 0 radical (unpaired) electrons. The van der Waals surface area contributed by atoms with Crippen molar-refractivity contribution < 1.29 is 0 Å². The van der Waals surface area contributed by atoms with Gasteiger partial charge in [-0.05, 0) is 24.1 Å². The summed E-state index contributed by atoms with van der Waals surface area (Å²) in [6.45, 7) is 0.697. The molecule has 7 heteroatoms. The van der Waals surface area contributed by atoms with E-state index in [-0.39, 0.29) is 6.04 Å². The number of nitrogens with one attached hydrogen (secondary N) is 2. The molecule has 2 aromatic heterocycles. The van der Waals surface area contributed by atoms with Crippen LogP contribution in [0.5, 0.6) is 0 Å². The molecule has 1 unspecified atom stereocenters. The SMILES string of the molecule is NC(CCNc1ncnc2[nH]cnc12)c1ccc(Cl)cc1. The van der Waals surface area contributed by atoms with Gasteiger partial charge in [0, 0.05) is 17.6 Å². The summed E-state index contributed by atoms with van der Waals surface area (Å²) in [6.07, 6.45) is 3.88. The average Bonchev–Trinajstić information content (AvgIpc) is 2.97. The van der Waals surface area contributed by atoms with Gasteiger partial charge in [0.1, 0.15) is 11.8 Å². The Morgan fingerprint density at radius 1 is 1.19 bits per heavy atom. The van der Waals surface area contributed by atoms with Gasteiger partial charge in [-0.15, -0.1) is 0 Å². The highest BCUT2D eigenvalue weighted by molar-refractivity contribution is 6.30. The molecule has 0 fully saturated rings. The van der Waals surface area contributed by atoms with Crippen LogP contribution in [-0.2, 0) is 0 Å². The Balaban J connectivity index is 1.61. The quantitative estimate of drug-likeness (QED) is 0.673. The molecular formula is C14H15ClN6. The van der Waals surface area contributed by atoms with Crippen molar-refractivity contribution in [3.8, 4) is 0 Å². The normalized spacial score (nSPS) is 12.5. The first kappa shape index (κ1) is 13.8.